The molecule has 2 aromatic heterocycles. The summed E-state index contributed by atoms with van der Waals surface area (Å²) in [5, 5.41) is 6.47. The molecule has 7 heteroatoms. The van der Waals surface area contributed by atoms with Gasteiger partial charge < -0.3 is 10.1 Å². The maximum Gasteiger partial charge on any atom is 0.140 e. The number of nitrogens with zero attached hydrogens (tertiary/aromatic N) is 3. The topological polar surface area (TPSA) is 50.3 Å². The van der Waals surface area contributed by atoms with E-state index >= 15 is 0 Å². The molecule has 0 spiro atoms. The molecule has 1 unspecified atom stereocenters. The molecule has 1 N–H and O–H groups in total. The van der Waals surface area contributed by atoms with Gasteiger partial charge in [0.25, 0.3) is 0 Å². The third-order valence-corrected chi connectivity index (χ3v) is 5.43. The molecule has 0 bridgehead atoms. The lowest BCUT2D eigenvalue weighted by Crippen LogP contribution is -2.45. The average molecular weight is 384 g/mol. The van der Waals surface area contributed by atoms with E-state index in [1.54, 1.807) is 29.7 Å². The van der Waals surface area contributed by atoms with Crippen molar-refractivity contribution in [2.45, 2.75) is 19.2 Å². The number of piperazine rings is 1. The van der Waals surface area contributed by atoms with Crippen LogP contribution in [0, 0.1) is 5.82 Å². The van der Waals surface area contributed by atoms with Gasteiger partial charge in [0.05, 0.1) is 5.69 Å². The molecule has 27 heavy (non-hydrogen) atoms. The van der Waals surface area contributed by atoms with E-state index in [0.717, 1.165) is 36.9 Å². The molecule has 1 aliphatic rings. The molecule has 3 aromatic rings. The van der Waals surface area contributed by atoms with E-state index in [9.17, 15) is 4.39 Å². The normalized spacial score (nSPS) is 17.7. The van der Waals surface area contributed by atoms with Gasteiger partial charge in [-0.2, -0.15) is 0 Å². The summed E-state index contributed by atoms with van der Waals surface area (Å²) in [5.74, 6) is 0.380. The summed E-state index contributed by atoms with van der Waals surface area (Å²) in [5.41, 5.74) is 2.27. The first kappa shape index (κ1) is 18.0. The molecule has 1 fully saturated rings. The van der Waals surface area contributed by atoms with Crippen molar-refractivity contribution >= 4 is 11.3 Å². The Morgan fingerprint density at radius 3 is 2.96 bits per heavy atom. The van der Waals surface area contributed by atoms with Gasteiger partial charge >= 0.3 is 0 Å². The van der Waals surface area contributed by atoms with E-state index in [1.807, 2.05) is 12.3 Å². The second-order valence-corrected chi connectivity index (χ2v) is 7.39. The highest BCUT2D eigenvalue weighted by atomic mass is 32.1. The van der Waals surface area contributed by atoms with Gasteiger partial charge in [-0.05, 0) is 35.9 Å². The molecule has 3 heterocycles. The molecule has 0 saturated carbocycles. The Balaban J connectivity index is 1.38. The van der Waals surface area contributed by atoms with Crippen molar-refractivity contribution in [1.82, 2.24) is 20.2 Å². The molecular formula is C20H21FN4OS. The highest BCUT2D eigenvalue weighted by molar-refractivity contribution is 7.09. The minimum Gasteiger partial charge on any atom is -0.486 e. The average Bonchev–Trinajstić information content (AvgIpc) is 3.16. The van der Waals surface area contributed by atoms with Crippen LogP contribution in [0.5, 0.6) is 5.75 Å². The van der Waals surface area contributed by atoms with Gasteiger partial charge in [-0.25, -0.2) is 9.37 Å². The van der Waals surface area contributed by atoms with Crippen molar-refractivity contribution in [2.24, 2.45) is 0 Å². The molecular weight excluding hydrogens is 363 g/mol. The van der Waals surface area contributed by atoms with Crippen molar-refractivity contribution in [1.29, 1.82) is 0 Å². The maximum absolute atomic E-state index is 13.0. The van der Waals surface area contributed by atoms with Gasteiger partial charge in [0.1, 0.15) is 23.2 Å². The van der Waals surface area contributed by atoms with E-state index in [2.05, 4.69) is 26.6 Å². The van der Waals surface area contributed by atoms with Crippen LogP contribution in [0.15, 0.2) is 54.2 Å². The highest BCUT2D eigenvalue weighted by Crippen LogP contribution is 2.24. The largest absolute Gasteiger partial charge is 0.486 e. The molecule has 1 atom stereocenters. The summed E-state index contributed by atoms with van der Waals surface area (Å²) in [4.78, 5) is 11.4. The van der Waals surface area contributed by atoms with Gasteiger partial charge in [0, 0.05) is 50.0 Å². The number of halogens is 1. The SMILES string of the molecule is Fc1ccc(OCc2nc(CN3CCNCC3c3cccnc3)cs2)cc1. The Morgan fingerprint density at radius 2 is 2.15 bits per heavy atom. The van der Waals surface area contributed by atoms with Gasteiger partial charge in [0.2, 0.25) is 0 Å². The lowest BCUT2D eigenvalue weighted by atomic mass is 10.1. The van der Waals surface area contributed by atoms with Crippen LogP contribution in [0.25, 0.3) is 0 Å². The van der Waals surface area contributed by atoms with Crippen LogP contribution in [0.3, 0.4) is 0 Å². The lowest BCUT2D eigenvalue weighted by molar-refractivity contribution is 0.152. The van der Waals surface area contributed by atoms with E-state index in [4.69, 9.17) is 9.72 Å². The van der Waals surface area contributed by atoms with Crippen LogP contribution in [0.2, 0.25) is 0 Å². The predicted octanol–water partition coefficient (Wildman–Crippen LogP) is 3.40. The van der Waals surface area contributed by atoms with Crippen LogP contribution in [-0.2, 0) is 13.2 Å². The van der Waals surface area contributed by atoms with Gasteiger partial charge in [0.15, 0.2) is 0 Å². The highest BCUT2D eigenvalue weighted by Gasteiger charge is 2.24. The fourth-order valence-corrected chi connectivity index (χ4v) is 3.91. The number of benzene rings is 1. The summed E-state index contributed by atoms with van der Waals surface area (Å²) in [6, 6.07) is 10.5. The van der Waals surface area contributed by atoms with Crippen molar-refractivity contribution in [2.75, 3.05) is 19.6 Å². The second-order valence-electron chi connectivity index (χ2n) is 6.45. The maximum atomic E-state index is 13.0. The van der Waals surface area contributed by atoms with Crippen LogP contribution < -0.4 is 10.1 Å². The summed E-state index contributed by atoms with van der Waals surface area (Å²) >= 11 is 1.59. The molecule has 0 aliphatic carbocycles. The summed E-state index contributed by atoms with van der Waals surface area (Å²) in [7, 11) is 0. The van der Waals surface area contributed by atoms with Crippen LogP contribution in [0.4, 0.5) is 4.39 Å². The third-order valence-electron chi connectivity index (χ3n) is 4.56. The Hall–Kier alpha value is -2.35. The molecule has 1 saturated heterocycles. The summed E-state index contributed by atoms with van der Waals surface area (Å²) < 4.78 is 18.6. The first-order valence-electron chi connectivity index (χ1n) is 8.94. The molecule has 1 aromatic carbocycles. The lowest BCUT2D eigenvalue weighted by Gasteiger charge is -2.35. The number of pyridine rings is 1. The Kier molecular flexibility index (Phi) is 5.72. The first-order valence-corrected chi connectivity index (χ1v) is 9.82. The standard InChI is InChI=1S/C20H21FN4OS/c21-16-3-5-18(6-4-16)26-13-20-24-17(14-27-20)12-25-9-8-23-11-19(25)15-2-1-7-22-10-15/h1-7,10,14,19,23H,8-9,11-13H2. The molecule has 5 nitrogen and oxygen atoms in total. The zero-order valence-corrected chi connectivity index (χ0v) is 15.7. The molecule has 1 aliphatic heterocycles. The smallest absolute Gasteiger partial charge is 0.140 e. The third kappa shape index (κ3) is 4.68. The number of hydrogen-bond acceptors (Lipinski definition) is 6. The minimum absolute atomic E-state index is 0.266. The summed E-state index contributed by atoms with van der Waals surface area (Å²) in [6.45, 7) is 4.05. The van der Waals surface area contributed by atoms with E-state index in [-0.39, 0.29) is 5.82 Å². The summed E-state index contributed by atoms with van der Waals surface area (Å²) in [6.07, 6.45) is 3.74. The van der Waals surface area contributed by atoms with Crippen LogP contribution in [0.1, 0.15) is 22.3 Å². The van der Waals surface area contributed by atoms with Gasteiger partial charge in [-0.3, -0.25) is 9.88 Å². The van der Waals surface area contributed by atoms with Gasteiger partial charge in [-0.15, -0.1) is 11.3 Å². The van der Waals surface area contributed by atoms with Crippen molar-refractivity contribution in [3.8, 4) is 5.75 Å². The van der Waals surface area contributed by atoms with Crippen LogP contribution >= 0.6 is 11.3 Å². The number of aromatic nitrogens is 2. The first-order chi connectivity index (χ1) is 13.3. The zero-order chi connectivity index (χ0) is 18.5. The predicted molar refractivity (Wildman–Crippen MR) is 103 cm³/mol. The quantitative estimate of drug-likeness (QED) is 0.706. The minimum atomic E-state index is -0.266. The van der Waals surface area contributed by atoms with Gasteiger partial charge in [-0.1, -0.05) is 6.07 Å². The Morgan fingerprint density at radius 1 is 1.26 bits per heavy atom. The zero-order valence-electron chi connectivity index (χ0n) is 14.8. The van der Waals surface area contributed by atoms with Crippen molar-refractivity contribution in [3.05, 3.63) is 76.3 Å². The monoisotopic (exact) mass is 384 g/mol. The molecule has 0 radical (unpaired) electrons. The fourth-order valence-electron chi connectivity index (χ4n) is 3.21. The van der Waals surface area contributed by atoms with Crippen molar-refractivity contribution < 1.29 is 9.13 Å². The number of rotatable bonds is 6. The Bertz CT molecular complexity index is 856. The van der Waals surface area contributed by atoms with E-state index < -0.39 is 0 Å². The number of hydrogen-bond donors (Lipinski definition) is 1. The molecule has 140 valence electrons. The fraction of sp³-hybridized carbons (Fsp3) is 0.300. The van der Waals surface area contributed by atoms with E-state index in [0.29, 0.717) is 18.4 Å². The number of thiazole rings is 1. The van der Waals surface area contributed by atoms with E-state index in [1.165, 1.54) is 17.7 Å². The van der Waals surface area contributed by atoms with Crippen molar-refractivity contribution in [3.63, 3.8) is 0 Å². The number of ether oxygens (including phenoxy) is 1. The van der Waals surface area contributed by atoms with Crippen LogP contribution in [-0.4, -0.2) is 34.5 Å². The number of nitrogens with one attached hydrogen (secondary N) is 1. The second kappa shape index (κ2) is 8.56. The molecule has 4 rings (SSSR count). The Labute approximate surface area is 161 Å². The molecule has 0 amide bonds.